The van der Waals surface area contributed by atoms with Gasteiger partial charge in [0.1, 0.15) is 5.82 Å². The first-order valence-corrected chi connectivity index (χ1v) is 10.6. The molecule has 4 aromatic rings. The number of amides is 1. The van der Waals surface area contributed by atoms with Gasteiger partial charge in [-0.1, -0.05) is 30.0 Å². The number of nitrogens with zero attached hydrogens (tertiary/aromatic N) is 4. The topological polar surface area (TPSA) is 72.7 Å². The fourth-order valence-corrected chi connectivity index (χ4v) is 4.39. The van der Waals surface area contributed by atoms with Crippen molar-refractivity contribution in [1.29, 1.82) is 0 Å². The molecule has 0 saturated heterocycles. The van der Waals surface area contributed by atoms with E-state index in [1.807, 2.05) is 40.3 Å². The number of hydrogen-bond donors (Lipinski definition) is 1. The van der Waals surface area contributed by atoms with Crippen LogP contribution in [0.15, 0.2) is 65.1 Å². The van der Waals surface area contributed by atoms with Gasteiger partial charge in [0.25, 0.3) is 0 Å². The van der Waals surface area contributed by atoms with Crippen LogP contribution in [0.1, 0.15) is 12.6 Å². The Balaban J connectivity index is 1.64. The molecule has 0 fully saturated rings. The number of carbonyl (C=O) groups excluding carboxylic acids is 1. The van der Waals surface area contributed by atoms with E-state index in [1.54, 1.807) is 12.1 Å². The smallest absolute Gasteiger partial charge is 0.223 e. The number of nitrogens with one attached hydrogen (secondary N) is 1. The SMILES string of the molecule is CC(=O)Nc1nc(CSc2nnc(-c3ccc(F)cc3)n2-c2ccccc2)cs1. The number of thiazole rings is 1. The van der Waals surface area contributed by atoms with Crippen LogP contribution in [-0.2, 0) is 10.5 Å². The molecule has 1 amide bonds. The number of thioether (sulfide) groups is 1. The number of halogens is 1. The Labute approximate surface area is 174 Å². The first-order chi connectivity index (χ1) is 14.1. The first-order valence-electron chi connectivity index (χ1n) is 8.72. The van der Waals surface area contributed by atoms with E-state index < -0.39 is 0 Å². The zero-order chi connectivity index (χ0) is 20.2. The Morgan fingerprint density at radius 2 is 1.90 bits per heavy atom. The standard InChI is InChI=1S/C20H16FN5OS2/c1-13(27)22-19-23-16(11-28-19)12-29-20-25-24-18(14-7-9-15(21)10-8-14)26(20)17-5-3-2-4-6-17/h2-11H,12H2,1H3,(H,22,23,27). The van der Waals surface area contributed by atoms with Gasteiger partial charge >= 0.3 is 0 Å². The number of benzene rings is 2. The highest BCUT2D eigenvalue weighted by Crippen LogP contribution is 2.30. The number of para-hydroxylation sites is 1. The van der Waals surface area contributed by atoms with Gasteiger partial charge in [-0.2, -0.15) is 0 Å². The van der Waals surface area contributed by atoms with Gasteiger partial charge < -0.3 is 5.32 Å². The van der Waals surface area contributed by atoms with Gasteiger partial charge in [0.2, 0.25) is 5.91 Å². The molecule has 0 radical (unpaired) electrons. The van der Waals surface area contributed by atoms with Crippen molar-refractivity contribution < 1.29 is 9.18 Å². The molecule has 6 nitrogen and oxygen atoms in total. The Bertz CT molecular complexity index is 1130. The number of rotatable bonds is 6. The second kappa shape index (κ2) is 8.54. The molecule has 9 heteroatoms. The summed E-state index contributed by atoms with van der Waals surface area (Å²) in [5, 5.41) is 14.6. The minimum absolute atomic E-state index is 0.147. The summed E-state index contributed by atoms with van der Waals surface area (Å²) in [6.45, 7) is 1.45. The summed E-state index contributed by atoms with van der Waals surface area (Å²) in [6.07, 6.45) is 0. The normalized spacial score (nSPS) is 10.8. The highest BCUT2D eigenvalue weighted by atomic mass is 32.2. The summed E-state index contributed by atoms with van der Waals surface area (Å²) in [5.74, 6) is 0.764. The Kier molecular flexibility index (Phi) is 5.68. The summed E-state index contributed by atoms with van der Waals surface area (Å²) in [6, 6.07) is 16.0. The minimum atomic E-state index is -0.298. The van der Waals surface area contributed by atoms with E-state index in [-0.39, 0.29) is 11.7 Å². The Hall–Kier alpha value is -3.04. The first kappa shape index (κ1) is 19.3. The number of aromatic nitrogens is 4. The summed E-state index contributed by atoms with van der Waals surface area (Å²) >= 11 is 2.87. The molecule has 2 aromatic heterocycles. The maximum Gasteiger partial charge on any atom is 0.223 e. The lowest BCUT2D eigenvalue weighted by Gasteiger charge is -2.10. The third-order valence-corrected chi connectivity index (χ3v) is 5.70. The second-order valence-corrected chi connectivity index (χ2v) is 7.90. The summed E-state index contributed by atoms with van der Waals surface area (Å²) < 4.78 is 15.3. The lowest BCUT2D eigenvalue weighted by molar-refractivity contribution is -0.114. The largest absolute Gasteiger partial charge is 0.302 e. The van der Waals surface area contributed by atoms with E-state index in [4.69, 9.17) is 0 Å². The molecule has 0 aliphatic carbocycles. The maximum absolute atomic E-state index is 13.3. The van der Waals surface area contributed by atoms with Crippen molar-refractivity contribution >= 4 is 34.1 Å². The van der Waals surface area contributed by atoms with Gasteiger partial charge in [0.05, 0.1) is 5.69 Å². The molecule has 0 atom stereocenters. The lowest BCUT2D eigenvalue weighted by atomic mass is 10.2. The van der Waals surface area contributed by atoms with Crippen molar-refractivity contribution in [2.45, 2.75) is 17.8 Å². The van der Waals surface area contributed by atoms with Crippen LogP contribution in [0.4, 0.5) is 9.52 Å². The van der Waals surface area contributed by atoms with Crippen LogP contribution in [0.5, 0.6) is 0 Å². The van der Waals surface area contributed by atoms with Gasteiger partial charge in [-0.25, -0.2) is 9.37 Å². The van der Waals surface area contributed by atoms with E-state index >= 15 is 0 Å². The van der Waals surface area contributed by atoms with Crippen LogP contribution in [0.25, 0.3) is 17.1 Å². The molecule has 2 aromatic carbocycles. The van der Waals surface area contributed by atoms with Gasteiger partial charge in [-0.15, -0.1) is 21.5 Å². The van der Waals surface area contributed by atoms with Gasteiger partial charge in [-0.05, 0) is 36.4 Å². The zero-order valence-electron chi connectivity index (χ0n) is 15.4. The predicted molar refractivity (Wildman–Crippen MR) is 113 cm³/mol. The monoisotopic (exact) mass is 425 g/mol. The molecule has 0 saturated carbocycles. The fraction of sp³-hybridized carbons (Fsp3) is 0.100. The number of anilines is 1. The number of carbonyl (C=O) groups is 1. The molecular weight excluding hydrogens is 409 g/mol. The average Bonchev–Trinajstić information content (AvgIpc) is 3.34. The molecule has 1 N–H and O–H groups in total. The lowest BCUT2D eigenvalue weighted by Crippen LogP contribution is -2.05. The van der Waals surface area contributed by atoms with Crippen molar-refractivity contribution in [3.63, 3.8) is 0 Å². The van der Waals surface area contributed by atoms with Crippen LogP contribution in [0, 0.1) is 5.82 Å². The minimum Gasteiger partial charge on any atom is -0.302 e. The molecule has 0 unspecified atom stereocenters. The van der Waals surface area contributed by atoms with Crippen molar-refractivity contribution in [3.05, 3.63) is 71.5 Å². The summed E-state index contributed by atoms with van der Waals surface area (Å²) in [7, 11) is 0. The predicted octanol–water partition coefficient (Wildman–Crippen LogP) is 4.78. The second-order valence-electron chi connectivity index (χ2n) is 6.10. The van der Waals surface area contributed by atoms with Crippen LogP contribution in [-0.4, -0.2) is 25.7 Å². The molecule has 2 heterocycles. The van der Waals surface area contributed by atoms with Gasteiger partial charge in [-0.3, -0.25) is 9.36 Å². The average molecular weight is 426 g/mol. The van der Waals surface area contributed by atoms with Crippen molar-refractivity contribution in [3.8, 4) is 17.1 Å². The molecular formula is C20H16FN5OS2. The van der Waals surface area contributed by atoms with Crippen molar-refractivity contribution in [2.24, 2.45) is 0 Å². The van der Waals surface area contributed by atoms with Crippen molar-refractivity contribution in [1.82, 2.24) is 19.7 Å². The third-order valence-electron chi connectivity index (χ3n) is 3.93. The van der Waals surface area contributed by atoms with E-state index in [1.165, 1.54) is 42.2 Å². The zero-order valence-corrected chi connectivity index (χ0v) is 17.0. The van der Waals surface area contributed by atoms with Crippen LogP contribution in [0.3, 0.4) is 0 Å². The summed E-state index contributed by atoms with van der Waals surface area (Å²) in [5.41, 5.74) is 2.53. The van der Waals surface area contributed by atoms with E-state index in [2.05, 4.69) is 20.5 Å². The molecule has 0 bridgehead atoms. The third kappa shape index (κ3) is 4.52. The van der Waals surface area contributed by atoms with Crippen LogP contribution >= 0.6 is 23.1 Å². The van der Waals surface area contributed by atoms with E-state index in [0.29, 0.717) is 21.9 Å². The van der Waals surface area contributed by atoms with Gasteiger partial charge in [0, 0.05) is 29.3 Å². The highest BCUT2D eigenvalue weighted by Gasteiger charge is 2.17. The van der Waals surface area contributed by atoms with Gasteiger partial charge in [0.15, 0.2) is 16.1 Å². The Morgan fingerprint density at radius 3 is 2.62 bits per heavy atom. The van der Waals surface area contributed by atoms with Crippen LogP contribution < -0.4 is 5.32 Å². The molecule has 4 rings (SSSR count). The summed E-state index contributed by atoms with van der Waals surface area (Å²) in [4.78, 5) is 15.6. The fourth-order valence-electron chi connectivity index (χ4n) is 2.68. The molecule has 0 aliphatic rings. The highest BCUT2D eigenvalue weighted by molar-refractivity contribution is 7.98. The number of hydrogen-bond acceptors (Lipinski definition) is 6. The van der Waals surface area contributed by atoms with E-state index in [0.717, 1.165) is 16.9 Å². The molecule has 0 spiro atoms. The molecule has 146 valence electrons. The van der Waals surface area contributed by atoms with Crippen LogP contribution in [0.2, 0.25) is 0 Å². The Morgan fingerprint density at radius 1 is 1.14 bits per heavy atom. The van der Waals surface area contributed by atoms with E-state index in [9.17, 15) is 9.18 Å². The maximum atomic E-state index is 13.3. The quantitative estimate of drug-likeness (QED) is 0.450. The molecule has 29 heavy (non-hydrogen) atoms. The molecule has 0 aliphatic heterocycles. The van der Waals surface area contributed by atoms with Crippen molar-refractivity contribution in [2.75, 3.05) is 5.32 Å².